The molecule has 1 aromatic rings. The van der Waals surface area contributed by atoms with Crippen molar-refractivity contribution in [3.63, 3.8) is 0 Å². The molecule has 1 rings (SSSR count). The van der Waals surface area contributed by atoms with E-state index in [-0.39, 0.29) is 62.0 Å². The standard InChI is InChI=1S/C7H5BClF4.K/c9-6-1-5(2-7(10)3-6)4-8(11,12)13;/h1-3H,4H2;/q-1;+1. The number of hydrogen-bond acceptors (Lipinski definition) is 0. The van der Waals surface area contributed by atoms with E-state index in [1.807, 2.05) is 0 Å². The second-order valence-electron chi connectivity index (χ2n) is 2.69. The number of rotatable bonds is 2. The quantitative estimate of drug-likeness (QED) is 0.527. The van der Waals surface area contributed by atoms with Gasteiger partial charge in [0.1, 0.15) is 5.82 Å². The van der Waals surface area contributed by atoms with Gasteiger partial charge >= 0.3 is 58.4 Å². The minimum Gasteiger partial charge on any atom is -0.449 e. The van der Waals surface area contributed by atoms with Gasteiger partial charge in [-0.05, 0) is 18.2 Å². The fraction of sp³-hybridized carbons (Fsp3) is 0.143. The van der Waals surface area contributed by atoms with E-state index < -0.39 is 19.1 Å². The van der Waals surface area contributed by atoms with Crippen molar-refractivity contribution in [2.45, 2.75) is 6.32 Å². The minimum atomic E-state index is -4.94. The molecule has 0 saturated heterocycles. The second-order valence-corrected chi connectivity index (χ2v) is 3.13. The topological polar surface area (TPSA) is 0 Å². The Morgan fingerprint density at radius 1 is 1.14 bits per heavy atom. The van der Waals surface area contributed by atoms with Crippen LogP contribution in [0.5, 0.6) is 0 Å². The summed E-state index contributed by atoms with van der Waals surface area (Å²) in [4.78, 5) is 0. The van der Waals surface area contributed by atoms with Crippen molar-refractivity contribution in [3.8, 4) is 0 Å². The Hall–Kier alpha value is 0.931. The van der Waals surface area contributed by atoms with Gasteiger partial charge in [0, 0.05) is 5.02 Å². The van der Waals surface area contributed by atoms with Gasteiger partial charge in [-0.1, -0.05) is 23.5 Å². The van der Waals surface area contributed by atoms with Gasteiger partial charge in [0.2, 0.25) is 0 Å². The van der Waals surface area contributed by atoms with E-state index >= 15 is 0 Å². The molecule has 0 nitrogen and oxygen atoms in total. The second kappa shape index (κ2) is 5.86. The first-order valence-corrected chi connectivity index (χ1v) is 3.90. The molecule has 0 heterocycles. The number of benzene rings is 1. The Bertz CT molecular complexity index is 295. The minimum absolute atomic E-state index is 0. The van der Waals surface area contributed by atoms with Crippen LogP contribution in [0, 0.1) is 5.82 Å². The third-order valence-corrected chi connectivity index (χ3v) is 1.61. The fourth-order valence-electron chi connectivity index (χ4n) is 0.996. The van der Waals surface area contributed by atoms with Gasteiger partial charge in [-0.2, -0.15) is 0 Å². The van der Waals surface area contributed by atoms with E-state index in [2.05, 4.69) is 0 Å². The van der Waals surface area contributed by atoms with E-state index in [4.69, 9.17) is 11.6 Å². The predicted molar refractivity (Wildman–Crippen MR) is 44.2 cm³/mol. The van der Waals surface area contributed by atoms with E-state index in [0.29, 0.717) is 0 Å². The summed E-state index contributed by atoms with van der Waals surface area (Å²) in [7, 11) is 0. The Balaban J connectivity index is 0.00000169. The van der Waals surface area contributed by atoms with E-state index in [1.54, 1.807) is 0 Å². The molecule has 0 N–H and O–H groups in total. The molecule has 0 amide bonds. The predicted octanol–water partition coefficient (Wildman–Crippen LogP) is 0.412. The van der Waals surface area contributed by atoms with Crippen LogP contribution >= 0.6 is 11.6 Å². The zero-order valence-electron chi connectivity index (χ0n) is 7.41. The molecule has 0 bridgehead atoms. The van der Waals surface area contributed by atoms with E-state index in [0.717, 1.165) is 18.2 Å². The third-order valence-electron chi connectivity index (χ3n) is 1.39. The first-order chi connectivity index (χ1) is 5.87. The molecule has 72 valence electrons. The molecule has 0 aliphatic rings. The molecule has 0 saturated carbocycles. The van der Waals surface area contributed by atoms with Gasteiger partial charge in [0.25, 0.3) is 0 Å². The van der Waals surface area contributed by atoms with E-state index in [1.165, 1.54) is 0 Å². The molecule has 0 fully saturated rings. The van der Waals surface area contributed by atoms with Crippen molar-refractivity contribution < 1.29 is 68.7 Å². The third kappa shape index (κ3) is 5.73. The zero-order valence-corrected chi connectivity index (χ0v) is 11.3. The molecular weight excluding hydrogens is 245 g/mol. The van der Waals surface area contributed by atoms with Gasteiger partial charge < -0.3 is 12.9 Å². The summed E-state index contributed by atoms with van der Waals surface area (Å²) in [6.07, 6.45) is -1.10. The molecule has 0 aliphatic heterocycles. The molecule has 0 radical (unpaired) electrons. The maximum atomic E-state index is 12.6. The monoisotopic (exact) mass is 250 g/mol. The van der Waals surface area contributed by atoms with Crippen LogP contribution in [-0.4, -0.2) is 6.98 Å². The summed E-state index contributed by atoms with van der Waals surface area (Å²) in [5.41, 5.74) is -0.141. The molecular formula is C7H5BClF4K. The van der Waals surface area contributed by atoms with Gasteiger partial charge in [-0.3, -0.25) is 0 Å². The van der Waals surface area contributed by atoms with Gasteiger partial charge in [0.15, 0.2) is 0 Å². The summed E-state index contributed by atoms with van der Waals surface area (Å²) in [6, 6.07) is 2.91. The zero-order chi connectivity index (χ0) is 10.1. The molecule has 0 spiro atoms. The number of hydrogen-bond donors (Lipinski definition) is 0. The summed E-state index contributed by atoms with van der Waals surface area (Å²) in [6.45, 7) is -4.94. The Kier molecular flexibility index (Phi) is 6.25. The Morgan fingerprint density at radius 3 is 2.14 bits per heavy atom. The van der Waals surface area contributed by atoms with Crippen LogP contribution in [0.25, 0.3) is 0 Å². The molecule has 0 aliphatic carbocycles. The van der Waals surface area contributed by atoms with Gasteiger partial charge in [-0.25, -0.2) is 4.39 Å². The average Bonchev–Trinajstić information content (AvgIpc) is 1.78. The van der Waals surface area contributed by atoms with Crippen molar-refractivity contribution in [2.24, 2.45) is 0 Å². The van der Waals surface area contributed by atoms with Crippen molar-refractivity contribution >= 4 is 18.6 Å². The molecule has 0 aromatic heterocycles. The van der Waals surface area contributed by atoms with Crippen LogP contribution < -0.4 is 51.4 Å². The first-order valence-electron chi connectivity index (χ1n) is 3.53. The summed E-state index contributed by atoms with van der Waals surface area (Å²) >= 11 is 5.38. The van der Waals surface area contributed by atoms with Crippen LogP contribution in [0.4, 0.5) is 17.3 Å². The van der Waals surface area contributed by atoms with Crippen LogP contribution in [0.15, 0.2) is 18.2 Å². The average molecular weight is 250 g/mol. The summed E-state index contributed by atoms with van der Waals surface area (Å²) in [5, 5.41) is -0.0185. The smallest absolute Gasteiger partial charge is 0.449 e. The van der Waals surface area contributed by atoms with Crippen LogP contribution in [0.1, 0.15) is 5.56 Å². The summed E-state index contributed by atoms with van der Waals surface area (Å²) in [5.74, 6) is -0.748. The molecule has 0 unspecified atom stereocenters. The fourth-order valence-corrected chi connectivity index (χ4v) is 1.24. The number of halogens is 5. The van der Waals surface area contributed by atoms with Gasteiger partial charge in [-0.15, -0.1) is 0 Å². The SMILES string of the molecule is Fc1cc(Cl)cc(C[B-](F)(F)F)c1.[K+]. The molecule has 7 heteroatoms. The van der Waals surface area contributed by atoms with Crippen molar-refractivity contribution in [1.29, 1.82) is 0 Å². The Morgan fingerprint density at radius 2 is 1.71 bits per heavy atom. The van der Waals surface area contributed by atoms with Crippen molar-refractivity contribution in [2.75, 3.05) is 0 Å². The maximum Gasteiger partial charge on any atom is 1.00 e. The van der Waals surface area contributed by atoms with Crippen LogP contribution in [-0.2, 0) is 6.32 Å². The van der Waals surface area contributed by atoms with E-state index in [9.17, 15) is 17.3 Å². The Labute approximate surface area is 126 Å². The largest absolute Gasteiger partial charge is 1.00 e. The molecule has 1 aromatic carbocycles. The van der Waals surface area contributed by atoms with Crippen molar-refractivity contribution in [3.05, 3.63) is 34.6 Å². The van der Waals surface area contributed by atoms with Crippen LogP contribution in [0.2, 0.25) is 5.02 Å². The maximum absolute atomic E-state index is 12.6. The first kappa shape index (κ1) is 14.9. The molecule has 14 heavy (non-hydrogen) atoms. The molecule has 0 atom stereocenters. The summed E-state index contributed by atoms with van der Waals surface area (Å²) < 4.78 is 48.3. The normalized spacial score (nSPS) is 10.9. The van der Waals surface area contributed by atoms with Crippen LogP contribution in [0.3, 0.4) is 0 Å². The van der Waals surface area contributed by atoms with Crippen molar-refractivity contribution in [1.82, 2.24) is 0 Å². The van der Waals surface area contributed by atoms with Gasteiger partial charge in [0.05, 0.1) is 0 Å².